The van der Waals surface area contributed by atoms with Gasteiger partial charge in [-0.1, -0.05) is 31.2 Å². The van der Waals surface area contributed by atoms with E-state index in [2.05, 4.69) is 32.8 Å². The summed E-state index contributed by atoms with van der Waals surface area (Å²) in [5.41, 5.74) is 0.843. The van der Waals surface area contributed by atoms with Crippen molar-refractivity contribution in [2.24, 2.45) is 0 Å². The van der Waals surface area contributed by atoms with Gasteiger partial charge in [-0.2, -0.15) is 0 Å². The molecule has 0 radical (unpaired) electrons. The highest BCUT2D eigenvalue weighted by Gasteiger charge is 2.23. The zero-order chi connectivity index (χ0) is 17.6. The molecule has 5 nitrogen and oxygen atoms in total. The second-order valence-corrected chi connectivity index (χ2v) is 7.02. The van der Waals surface area contributed by atoms with Gasteiger partial charge in [0.25, 0.3) is 0 Å². The molecule has 2 aromatic rings. The van der Waals surface area contributed by atoms with Crippen molar-refractivity contribution in [2.75, 3.05) is 31.6 Å². The number of para-hydroxylation sites is 3. The highest BCUT2D eigenvalue weighted by Crippen LogP contribution is 2.31. The Labute approximate surface area is 161 Å². The summed E-state index contributed by atoms with van der Waals surface area (Å²) < 4.78 is 12.8. The molecule has 1 aliphatic heterocycles. The van der Waals surface area contributed by atoms with Crippen LogP contribution in [0.1, 0.15) is 6.92 Å². The van der Waals surface area contributed by atoms with Gasteiger partial charge in [0.1, 0.15) is 12.7 Å². The van der Waals surface area contributed by atoms with Gasteiger partial charge in [-0.15, -0.1) is 0 Å². The Bertz CT molecular complexity index is 738. The number of anilines is 1. The van der Waals surface area contributed by atoms with Crippen molar-refractivity contribution < 1.29 is 14.3 Å². The quantitative estimate of drug-likeness (QED) is 0.683. The van der Waals surface area contributed by atoms with Crippen LogP contribution in [-0.2, 0) is 4.79 Å². The number of nitrogens with zero attached hydrogens (tertiary/aromatic N) is 1. The van der Waals surface area contributed by atoms with Crippen LogP contribution < -0.4 is 14.8 Å². The number of fused-ring (bicyclic) bond motifs is 1. The topological polar surface area (TPSA) is 50.8 Å². The van der Waals surface area contributed by atoms with Crippen LogP contribution in [0.4, 0.5) is 5.69 Å². The van der Waals surface area contributed by atoms with Gasteiger partial charge >= 0.3 is 0 Å². The lowest BCUT2D eigenvalue weighted by Crippen LogP contribution is -2.43. The molecule has 0 spiro atoms. The molecule has 2 aromatic carbocycles. The smallest absolute Gasteiger partial charge is 0.238 e. The number of likely N-dealkylation sites (N-methyl/N-ethyl adjacent to an activating group) is 1. The van der Waals surface area contributed by atoms with Crippen LogP contribution in [0.5, 0.6) is 11.5 Å². The van der Waals surface area contributed by atoms with Crippen molar-refractivity contribution in [1.29, 1.82) is 0 Å². The van der Waals surface area contributed by atoms with Crippen LogP contribution >= 0.6 is 22.6 Å². The van der Waals surface area contributed by atoms with Gasteiger partial charge in [-0.3, -0.25) is 9.69 Å². The summed E-state index contributed by atoms with van der Waals surface area (Å²) in [6.07, 6.45) is -0.0838. The number of amides is 1. The zero-order valence-corrected chi connectivity index (χ0v) is 16.2. The van der Waals surface area contributed by atoms with Crippen LogP contribution in [0.2, 0.25) is 0 Å². The first kappa shape index (κ1) is 18.0. The molecule has 1 N–H and O–H groups in total. The molecule has 132 valence electrons. The van der Waals surface area contributed by atoms with Crippen LogP contribution in [0.3, 0.4) is 0 Å². The van der Waals surface area contributed by atoms with Crippen LogP contribution in [0.25, 0.3) is 0 Å². The normalized spacial score (nSPS) is 15.9. The number of benzene rings is 2. The molecule has 1 amide bonds. The first-order chi connectivity index (χ1) is 12.2. The van der Waals surface area contributed by atoms with Gasteiger partial charge in [-0.25, -0.2) is 0 Å². The largest absolute Gasteiger partial charge is 0.486 e. The third kappa shape index (κ3) is 4.85. The average molecular weight is 452 g/mol. The Kier molecular flexibility index (Phi) is 6.14. The molecule has 0 saturated heterocycles. The minimum atomic E-state index is -0.0838. The Balaban J connectivity index is 1.54. The number of ether oxygens (including phenoxy) is 2. The minimum Gasteiger partial charge on any atom is -0.486 e. The standard InChI is InChI=1S/C19H21IN2O3/c1-2-22(12-19(23)21-16-8-4-3-7-15(16)20)11-14-13-24-17-9-5-6-10-18(17)25-14/h3-10,14H,2,11-13H2,1H3,(H,21,23)/t14-/m1/s1. The van der Waals surface area contributed by atoms with Crippen molar-refractivity contribution in [3.05, 3.63) is 52.1 Å². The van der Waals surface area contributed by atoms with E-state index in [9.17, 15) is 4.79 Å². The third-order valence-corrected chi connectivity index (χ3v) is 4.93. The molecule has 0 fully saturated rings. The molecule has 0 aliphatic carbocycles. The van der Waals surface area contributed by atoms with E-state index in [1.807, 2.05) is 55.5 Å². The maximum absolute atomic E-state index is 12.3. The predicted molar refractivity (Wildman–Crippen MR) is 106 cm³/mol. The summed E-state index contributed by atoms with van der Waals surface area (Å²) in [6.45, 7) is 4.26. The van der Waals surface area contributed by atoms with Crippen LogP contribution in [0.15, 0.2) is 48.5 Å². The zero-order valence-electron chi connectivity index (χ0n) is 14.1. The lowest BCUT2D eigenvalue weighted by Gasteiger charge is -2.30. The summed E-state index contributed by atoms with van der Waals surface area (Å²) in [5, 5.41) is 2.97. The van der Waals surface area contributed by atoms with E-state index < -0.39 is 0 Å². The lowest BCUT2D eigenvalue weighted by atomic mass is 10.2. The van der Waals surface area contributed by atoms with Gasteiger partial charge in [0.15, 0.2) is 11.5 Å². The number of halogens is 1. The molecule has 3 rings (SSSR count). The number of carbonyl (C=O) groups excluding carboxylic acids is 1. The molecule has 0 unspecified atom stereocenters. The highest BCUT2D eigenvalue weighted by atomic mass is 127. The molecule has 25 heavy (non-hydrogen) atoms. The van der Waals surface area contributed by atoms with E-state index in [1.165, 1.54) is 0 Å². The van der Waals surface area contributed by atoms with E-state index in [1.54, 1.807) is 0 Å². The molecule has 1 aliphatic rings. The van der Waals surface area contributed by atoms with E-state index >= 15 is 0 Å². The van der Waals surface area contributed by atoms with Crippen molar-refractivity contribution in [2.45, 2.75) is 13.0 Å². The Morgan fingerprint density at radius 3 is 2.68 bits per heavy atom. The average Bonchev–Trinajstić information content (AvgIpc) is 2.63. The van der Waals surface area contributed by atoms with E-state index in [4.69, 9.17) is 9.47 Å². The summed E-state index contributed by atoms with van der Waals surface area (Å²) in [4.78, 5) is 14.4. The second kappa shape index (κ2) is 8.53. The van der Waals surface area contributed by atoms with Gasteiger partial charge in [0, 0.05) is 10.1 Å². The minimum absolute atomic E-state index is 0.0249. The lowest BCUT2D eigenvalue weighted by molar-refractivity contribution is -0.117. The second-order valence-electron chi connectivity index (χ2n) is 5.85. The van der Waals surface area contributed by atoms with Crippen LogP contribution in [-0.4, -0.2) is 43.2 Å². The van der Waals surface area contributed by atoms with Gasteiger partial charge < -0.3 is 14.8 Å². The first-order valence-corrected chi connectivity index (χ1v) is 9.39. The maximum Gasteiger partial charge on any atom is 0.238 e. The Morgan fingerprint density at radius 1 is 1.20 bits per heavy atom. The third-order valence-electron chi connectivity index (χ3n) is 3.99. The first-order valence-electron chi connectivity index (χ1n) is 8.31. The van der Waals surface area contributed by atoms with Crippen molar-refractivity contribution >= 4 is 34.2 Å². The van der Waals surface area contributed by atoms with E-state index in [-0.39, 0.29) is 12.0 Å². The van der Waals surface area contributed by atoms with Gasteiger partial charge in [0.2, 0.25) is 5.91 Å². The van der Waals surface area contributed by atoms with Gasteiger partial charge in [-0.05, 0) is 53.4 Å². The fourth-order valence-electron chi connectivity index (χ4n) is 2.70. The number of hydrogen-bond acceptors (Lipinski definition) is 4. The van der Waals surface area contributed by atoms with Gasteiger partial charge in [0.05, 0.1) is 12.2 Å². The van der Waals surface area contributed by atoms with E-state index in [0.29, 0.717) is 19.7 Å². The predicted octanol–water partition coefficient (Wildman–Crippen LogP) is 3.39. The number of hydrogen-bond donors (Lipinski definition) is 1. The fourth-order valence-corrected chi connectivity index (χ4v) is 3.22. The Morgan fingerprint density at radius 2 is 1.92 bits per heavy atom. The summed E-state index contributed by atoms with van der Waals surface area (Å²) >= 11 is 2.22. The fraction of sp³-hybridized carbons (Fsp3) is 0.316. The number of nitrogens with one attached hydrogen (secondary N) is 1. The summed E-state index contributed by atoms with van der Waals surface area (Å²) in [7, 11) is 0. The molecular formula is C19H21IN2O3. The van der Waals surface area contributed by atoms with Crippen molar-refractivity contribution in [3.63, 3.8) is 0 Å². The van der Waals surface area contributed by atoms with Crippen molar-refractivity contribution in [1.82, 2.24) is 4.90 Å². The monoisotopic (exact) mass is 452 g/mol. The molecule has 6 heteroatoms. The molecule has 0 saturated carbocycles. The molecule has 0 aromatic heterocycles. The number of rotatable bonds is 6. The molecule has 1 atom stereocenters. The highest BCUT2D eigenvalue weighted by molar-refractivity contribution is 14.1. The molecular weight excluding hydrogens is 431 g/mol. The molecule has 0 bridgehead atoms. The maximum atomic E-state index is 12.3. The SMILES string of the molecule is CCN(CC(=O)Nc1ccccc1I)C[C@@H]1COc2ccccc2O1. The van der Waals surface area contributed by atoms with Crippen LogP contribution in [0, 0.1) is 3.57 Å². The summed E-state index contributed by atoms with van der Waals surface area (Å²) in [6, 6.07) is 15.4. The summed E-state index contributed by atoms with van der Waals surface area (Å²) in [5.74, 6) is 1.51. The molecule has 1 heterocycles. The van der Waals surface area contributed by atoms with E-state index in [0.717, 1.165) is 27.3 Å². The van der Waals surface area contributed by atoms with Crippen molar-refractivity contribution in [3.8, 4) is 11.5 Å². The number of carbonyl (C=O) groups is 1. The Hall–Kier alpha value is -1.80.